The zero-order valence-corrected chi connectivity index (χ0v) is 18.2. The van der Waals surface area contributed by atoms with Crippen LogP contribution in [0.3, 0.4) is 0 Å². The predicted molar refractivity (Wildman–Crippen MR) is 115 cm³/mol. The Morgan fingerprint density at radius 3 is 1.94 bits per heavy atom. The van der Waals surface area contributed by atoms with Gasteiger partial charge in [-0.05, 0) is 23.3 Å². The molecule has 0 saturated carbocycles. The third-order valence-corrected chi connectivity index (χ3v) is 5.21. The Morgan fingerprint density at radius 2 is 1.42 bits per heavy atom. The first kappa shape index (κ1) is 24.6. The topological polar surface area (TPSA) is 83.4 Å². The minimum absolute atomic E-state index is 0. The highest BCUT2D eigenvalue weighted by atomic mass is 35.5. The zero-order chi connectivity index (χ0) is 21.3. The lowest BCUT2D eigenvalue weighted by Crippen LogP contribution is -3.00. The van der Waals surface area contributed by atoms with Crippen LogP contribution in [0.4, 0.5) is 0 Å². The average molecular weight is 442 g/mol. The number of quaternary nitrogens is 1. The fraction of sp³-hybridized carbons (Fsp3) is 0.240. The van der Waals surface area contributed by atoms with E-state index in [1.165, 1.54) is 0 Å². The number of aliphatic hydroxyl groups is 2. The Balaban J connectivity index is 0.00000341. The quantitative estimate of drug-likeness (QED) is 0.376. The number of carbonyl (C=O) groups excluding carboxylic acids is 1. The molecule has 0 radical (unpaired) electrons. The lowest BCUT2D eigenvalue weighted by atomic mass is 9.93. The monoisotopic (exact) mass is 441 g/mol. The molecule has 3 aromatic rings. The maximum atomic E-state index is 12.6. The van der Waals surface area contributed by atoms with Crippen molar-refractivity contribution in [2.45, 2.75) is 24.7 Å². The number of hydrogen-bond donors (Lipinski definition) is 3. The summed E-state index contributed by atoms with van der Waals surface area (Å²) < 4.78 is 5.18. The summed E-state index contributed by atoms with van der Waals surface area (Å²) >= 11 is 0. The minimum atomic E-state index is -0.881. The van der Waals surface area contributed by atoms with Crippen molar-refractivity contribution < 1.29 is 37.5 Å². The summed E-state index contributed by atoms with van der Waals surface area (Å²) in [5.41, 5.74) is 2.05. The van der Waals surface area contributed by atoms with Crippen LogP contribution in [-0.2, 0) is 0 Å². The van der Waals surface area contributed by atoms with Crippen molar-refractivity contribution in [3.05, 3.63) is 102 Å². The normalized spacial score (nSPS) is 13.5. The first-order chi connectivity index (χ1) is 14.6. The van der Waals surface area contributed by atoms with E-state index >= 15 is 0 Å². The average Bonchev–Trinajstić information content (AvgIpc) is 2.82. The van der Waals surface area contributed by atoms with E-state index in [0.29, 0.717) is 17.9 Å². The molecule has 0 bridgehead atoms. The maximum absolute atomic E-state index is 12.6. The molecule has 2 unspecified atom stereocenters. The van der Waals surface area contributed by atoms with Crippen LogP contribution < -0.4 is 22.5 Å². The minimum Gasteiger partial charge on any atom is -1.00 e. The lowest BCUT2D eigenvalue weighted by molar-refractivity contribution is -0.705. The Labute approximate surface area is 189 Å². The molecule has 6 heteroatoms. The molecule has 2 atom stereocenters. The van der Waals surface area contributed by atoms with Gasteiger partial charge in [0.15, 0.2) is 5.78 Å². The first-order valence-corrected chi connectivity index (χ1v) is 10.1. The standard InChI is InChI=1S/C25H27NO4.ClH/c1-30-21-14-8-13-20(17-21)22(27)15-16-26-23(24(28)18-9-4-2-5-10-18)25(29)19-11-6-3-7-12-19;/h2-14,17,23-26,28-29H,15-16H2,1H3;1H. The fourth-order valence-corrected chi connectivity index (χ4v) is 3.52. The molecule has 0 aliphatic carbocycles. The van der Waals surface area contributed by atoms with Crippen LogP contribution in [0.25, 0.3) is 0 Å². The number of halogens is 1. The van der Waals surface area contributed by atoms with Gasteiger partial charge in [-0.1, -0.05) is 72.8 Å². The summed E-state index contributed by atoms with van der Waals surface area (Å²) in [6.07, 6.45) is -1.48. The molecular formula is C25H28ClNO4. The molecule has 0 aliphatic rings. The number of ketones is 1. The number of carbonyl (C=O) groups is 1. The van der Waals surface area contributed by atoms with Crippen LogP contribution in [-0.4, -0.2) is 35.7 Å². The predicted octanol–water partition coefficient (Wildman–Crippen LogP) is -0.329. The van der Waals surface area contributed by atoms with Crippen LogP contribution in [0.1, 0.15) is 40.1 Å². The molecule has 5 nitrogen and oxygen atoms in total. The van der Waals surface area contributed by atoms with E-state index in [1.807, 2.05) is 66.0 Å². The third kappa shape index (κ3) is 6.64. The van der Waals surface area contributed by atoms with Gasteiger partial charge < -0.3 is 32.7 Å². The number of benzene rings is 3. The molecular weight excluding hydrogens is 414 g/mol. The highest BCUT2D eigenvalue weighted by molar-refractivity contribution is 5.96. The van der Waals surface area contributed by atoms with Crippen molar-refractivity contribution in [2.24, 2.45) is 0 Å². The van der Waals surface area contributed by atoms with Gasteiger partial charge in [-0.25, -0.2) is 0 Å². The summed E-state index contributed by atoms with van der Waals surface area (Å²) in [4.78, 5) is 12.6. The highest BCUT2D eigenvalue weighted by Gasteiger charge is 2.32. The molecule has 0 saturated heterocycles. The van der Waals surface area contributed by atoms with Crippen LogP contribution in [0.15, 0.2) is 84.9 Å². The molecule has 164 valence electrons. The van der Waals surface area contributed by atoms with Crippen molar-refractivity contribution in [2.75, 3.05) is 13.7 Å². The van der Waals surface area contributed by atoms with E-state index < -0.39 is 18.2 Å². The molecule has 0 amide bonds. The molecule has 31 heavy (non-hydrogen) atoms. The van der Waals surface area contributed by atoms with Gasteiger partial charge in [-0.3, -0.25) is 4.79 Å². The van der Waals surface area contributed by atoms with Crippen LogP contribution in [0, 0.1) is 0 Å². The van der Waals surface area contributed by atoms with Gasteiger partial charge in [-0.2, -0.15) is 0 Å². The summed E-state index contributed by atoms with van der Waals surface area (Å²) in [6, 6.07) is 25.1. The molecule has 4 N–H and O–H groups in total. The van der Waals surface area contributed by atoms with Crippen molar-refractivity contribution in [3.8, 4) is 5.75 Å². The molecule has 0 aliphatic heterocycles. The maximum Gasteiger partial charge on any atom is 0.168 e. The van der Waals surface area contributed by atoms with Gasteiger partial charge in [0.1, 0.15) is 24.0 Å². The number of rotatable bonds is 10. The van der Waals surface area contributed by atoms with Crippen molar-refractivity contribution in [1.82, 2.24) is 0 Å². The number of hydrogen-bond acceptors (Lipinski definition) is 4. The number of methoxy groups -OCH3 is 1. The summed E-state index contributed by atoms with van der Waals surface area (Å²) in [5.74, 6) is 0.633. The van der Waals surface area contributed by atoms with E-state index in [0.717, 1.165) is 11.1 Å². The van der Waals surface area contributed by atoms with E-state index in [1.54, 1.807) is 31.4 Å². The number of Topliss-reactive ketones (excluding diaryl/α,β-unsaturated/α-hetero) is 1. The van der Waals surface area contributed by atoms with Gasteiger partial charge in [0.2, 0.25) is 0 Å². The summed E-state index contributed by atoms with van der Waals surface area (Å²) in [5, 5.41) is 23.8. The van der Waals surface area contributed by atoms with E-state index in [2.05, 4.69) is 0 Å². The molecule has 0 aromatic heterocycles. The molecule has 0 fully saturated rings. The van der Waals surface area contributed by atoms with Gasteiger partial charge in [-0.15, -0.1) is 0 Å². The van der Waals surface area contributed by atoms with E-state index in [4.69, 9.17) is 4.74 Å². The second-order valence-electron chi connectivity index (χ2n) is 7.22. The summed E-state index contributed by atoms with van der Waals surface area (Å²) in [6.45, 7) is 0.439. The largest absolute Gasteiger partial charge is 1.00 e. The van der Waals surface area contributed by atoms with Gasteiger partial charge in [0.25, 0.3) is 0 Å². The second kappa shape index (κ2) is 12.2. The number of ether oxygens (including phenoxy) is 1. The first-order valence-electron chi connectivity index (χ1n) is 10.1. The molecule has 0 spiro atoms. The Hall–Kier alpha value is -2.70. The van der Waals surface area contributed by atoms with E-state index in [-0.39, 0.29) is 24.6 Å². The smallest absolute Gasteiger partial charge is 0.168 e. The van der Waals surface area contributed by atoms with Crippen LogP contribution >= 0.6 is 0 Å². The van der Waals surface area contributed by atoms with Crippen LogP contribution in [0.2, 0.25) is 0 Å². The Morgan fingerprint density at radius 1 is 0.871 bits per heavy atom. The number of aliphatic hydroxyl groups excluding tert-OH is 2. The Kier molecular flexibility index (Phi) is 9.69. The molecule has 0 heterocycles. The van der Waals surface area contributed by atoms with Crippen LogP contribution in [0.5, 0.6) is 5.75 Å². The van der Waals surface area contributed by atoms with Gasteiger partial charge in [0.05, 0.1) is 20.1 Å². The Bertz CT molecular complexity index is 891. The number of nitrogens with two attached hydrogens (primary N) is 1. The highest BCUT2D eigenvalue weighted by Crippen LogP contribution is 2.25. The fourth-order valence-electron chi connectivity index (χ4n) is 3.52. The van der Waals surface area contributed by atoms with Crippen molar-refractivity contribution >= 4 is 5.78 Å². The van der Waals surface area contributed by atoms with Crippen molar-refractivity contribution in [1.29, 1.82) is 0 Å². The summed E-state index contributed by atoms with van der Waals surface area (Å²) in [7, 11) is 1.57. The van der Waals surface area contributed by atoms with Gasteiger partial charge in [0, 0.05) is 5.56 Å². The SMILES string of the molecule is COc1cccc(C(=O)CC[NH2+]C(C(O)c2ccccc2)C(O)c2ccccc2)c1.[Cl-]. The third-order valence-electron chi connectivity index (χ3n) is 5.21. The lowest BCUT2D eigenvalue weighted by Gasteiger charge is -2.26. The molecule has 3 aromatic carbocycles. The second-order valence-corrected chi connectivity index (χ2v) is 7.22. The van der Waals surface area contributed by atoms with Gasteiger partial charge >= 0.3 is 0 Å². The van der Waals surface area contributed by atoms with Crippen molar-refractivity contribution in [3.63, 3.8) is 0 Å². The van der Waals surface area contributed by atoms with E-state index in [9.17, 15) is 15.0 Å². The molecule has 3 rings (SSSR count). The zero-order valence-electron chi connectivity index (χ0n) is 17.4.